The monoisotopic (exact) mass is 428 g/mol. The summed E-state index contributed by atoms with van der Waals surface area (Å²) in [5.41, 5.74) is 2.37. The number of morpholine rings is 1. The average Bonchev–Trinajstić information content (AvgIpc) is 3.62. The third-order valence-electron chi connectivity index (χ3n) is 6.99. The number of methoxy groups -OCH3 is 1. The summed E-state index contributed by atoms with van der Waals surface area (Å²) in [6.07, 6.45) is 2.89. The van der Waals surface area contributed by atoms with Crippen molar-refractivity contribution >= 4 is 17.5 Å². The molecule has 31 heavy (non-hydrogen) atoms. The van der Waals surface area contributed by atoms with Crippen LogP contribution in [0.3, 0.4) is 0 Å². The topological polar surface area (TPSA) is 74.3 Å². The number of amides is 2. The summed E-state index contributed by atoms with van der Waals surface area (Å²) in [7, 11) is 1.68. The van der Waals surface area contributed by atoms with E-state index in [1.165, 1.54) is 11.3 Å². The number of hydrogen-bond acceptors (Lipinski definition) is 6. The Bertz CT molecular complexity index is 837. The first-order valence-corrected chi connectivity index (χ1v) is 11.4. The number of rotatable bonds is 5. The Morgan fingerprint density at radius 1 is 1.16 bits per heavy atom. The highest BCUT2D eigenvalue weighted by molar-refractivity contribution is 5.83. The predicted molar refractivity (Wildman–Crippen MR) is 116 cm³/mol. The molecule has 0 radical (unpaired) electrons. The number of carbonyl (C=O) groups is 2. The van der Waals surface area contributed by atoms with E-state index in [-0.39, 0.29) is 23.8 Å². The lowest BCUT2D eigenvalue weighted by atomic mass is 9.83. The first-order valence-electron chi connectivity index (χ1n) is 11.4. The molecule has 0 bridgehead atoms. The molecule has 0 unspecified atom stereocenters. The van der Waals surface area contributed by atoms with Crippen LogP contribution >= 0.6 is 0 Å². The van der Waals surface area contributed by atoms with Gasteiger partial charge in [-0.3, -0.25) is 14.5 Å². The second-order valence-electron chi connectivity index (χ2n) is 9.08. The summed E-state index contributed by atoms with van der Waals surface area (Å²) in [4.78, 5) is 32.4. The van der Waals surface area contributed by atoms with Crippen LogP contribution in [-0.4, -0.2) is 93.3 Å². The molecule has 4 aliphatic rings. The van der Waals surface area contributed by atoms with E-state index in [1.807, 2.05) is 11.0 Å². The molecule has 1 aromatic rings. The lowest BCUT2D eigenvalue weighted by Gasteiger charge is -2.49. The Morgan fingerprint density at radius 2 is 1.97 bits per heavy atom. The van der Waals surface area contributed by atoms with E-state index < -0.39 is 0 Å². The van der Waals surface area contributed by atoms with E-state index in [0.29, 0.717) is 38.9 Å². The second-order valence-corrected chi connectivity index (χ2v) is 9.08. The number of nitrogens with one attached hydrogen (secondary N) is 1. The van der Waals surface area contributed by atoms with Gasteiger partial charge in [0.15, 0.2) is 0 Å². The molecule has 5 rings (SSSR count). The zero-order valence-electron chi connectivity index (χ0n) is 18.2. The first kappa shape index (κ1) is 20.6. The van der Waals surface area contributed by atoms with Crippen LogP contribution in [0.1, 0.15) is 18.4 Å². The summed E-state index contributed by atoms with van der Waals surface area (Å²) in [5, 5.41) is 3.22. The highest BCUT2D eigenvalue weighted by Crippen LogP contribution is 2.38. The summed E-state index contributed by atoms with van der Waals surface area (Å²) < 4.78 is 10.8. The maximum Gasteiger partial charge on any atom is 0.236 e. The van der Waals surface area contributed by atoms with Gasteiger partial charge in [0, 0.05) is 50.5 Å². The summed E-state index contributed by atoms with van der Waals surface area (Å²) >= 11 is 0. The van der Waals surface area contributed by atoms with Crippen molar-refractivity contribution in [3.05, 3.63) is 23.8 Å². The Balaban J connectivity index is 1.34. The van der Waals surface area contributed by atoms with Crippen molar-refractivity contribution < 1.29 is 19.1 Å². The SMILES string of the molecule is COc1ccc2c(c1)N1CCN(CC(=O)N3CCOCC3)C[C@@H]1[C@@H](C(=O)NC1CC1)C2. The van der Waals surface area contributed by atoms with Crippen molar-refractivity contribution in [1.82, 2.24) is 15.1 Å². The van der Waals surface area contributed by atoms with E-state index in [4.69, 9.17) is 9.47 Å². The van der Waals surface area contributed by atoms with Gasteiger partial charge in [-0.2, -0.15) is 0 Å². The first-order chi connectivity index (χ1) is 15.1. The fourth-order valence-corrected chi connectivity index (χ4v) is 5.05. The van der Waals surface area contributed by atoms with Crippen LogP contribution in [0.2, 0.25) is 0 Å². The lowest BCUT2D eigenvalue weighted by molar-refractivity contribution is -0.136. The van der Waals surface area contributed by atoms with Gasteiger partial charge in [0.2, 0.25) is 11.8 Å². The van der Waals surface area contributed by atoms with Crippen LogP contribution in [0.5, 0.6) is 5.75 Å². The number of nitrogens with zero attached hydrogens (tertiary/aromatic N) is 3. The van der Waals surface area contributed by atoms with Crippen molar-refractivity contribution in [2.75, 3.05) is 64.5 Å². The van der Waals surface area contributed by atoms with Gasteiger partial charge >= 0.3 is 0 Å². The van der Waals surface area contributed by atoms with Gasteiger partial charge in [-0.15, -0.1) is 0 Å². The van der Waals surface area contributed by atoms with Crippen molar-refractivity contribution in [3.8, 4) is 5.75 Å². The number of benzene rings is 1. The molecule has 3 aliphatic heterocycles. The number of piperazine rings is 1. The van der Waals surface area contributed by atoms with Crippen molar-refractivity contribution in [2.24, 2.45) is 5.92 Å². The normalized spacial score (nSPS) is 26.1. The van der Waals surface area contributed by atoms with Crippen molar-refractivity contribution in [2.45, 2.75) is 31.3 Å². The Hall–Kier alpha value is -2.32. The van der Waals surface area contributed by atoms with E-state index in [0.717, 1.165) is 44.6 Å². The third kappa shape index (κ3) is 4.36. The Labute approximate surface area is 183 Å². The van der Waals surface area contributed by atoms with Gasteiger partial charge in [-0.05, 0) is 30.9 Å². The zero-order valence-corrected chi connectivity index (χ0v) is 18.2. The molecule has 1 aromatic carbocycles. The molecule has 168 valence electrons. The van der Waals surface area contributed by atoms with E-state index in [9.17, 15) is 9.59 Å². The van der Waals surface area contributed by atoms with Gasteiger partial charge < -0.3 is 24.6 Å². The van der Waals surface area contributed by atoms with Crippen LogP contribution in [0, 0.1) is 5.92 Å². The lowest BCUT2D eigenvalue weighted by Crippen LogP contribution is -2.62. The van der Waals surface area contributed by atoms with E-state index >= 15 is 0 Å². The van der Waals surface area contributed by atoms with Gasteiger partial charge in [0.25, 0.3) is 0 Å². The molecule has 8 heteroatoms. The predicted octanol–water partition coefficient (Wildman–Crippen LogP) is 0.496. The molecule has 3 fully saturated rings. The van der Waals surface area contributed by atoms with Crippen LogP contribution in [0.4, 0.5) is 5.69 Å². The maximum atomic E-state index is 13.1. The van der Waals surface area contributed by atoms with Crippen molar-refractivity contribution in [1.29, 1.82) is 0 Å². The van der Waals surface area contributed by atoms with Gasteiger partial charge in [0.1, 0.15) is 5.75 Å². The van der Waals surface area contributed by atoms with Crippen molar-refractivity contribution in [3.63, 3.8) is 0 Å². The minimum absolute atomic E-state index is 0.0598. The largest absolute Gasteiger partial charge is 0.497 e. The third-order valence-corrected chi connectivity index (χ3v) is 6.99. The quantitative estimate of drug-likeness (QED) is 0.736. The summed E-state index contributed by atoms with van der Waals surface area (Å²) in [6.45, 7) is 5.30. The van der Waals surface area contributed by atoms with Gasteiger partial charge in [0.05, 0.1) is 38.8 Å². The standard InChI is InChI=1S/C23H32N4O4/c1-30-18-5-2-16-12-19(23(29)24-17-3-4-17)21-14-25(6-7-27(21)20(16)13-18)15-22(28)26-8-10-31-11-9-26/h2,5,13,17,19,21H,3-4,6-12,14-15H2,1H3,(H,24,29)/t19-,21+/m0/s1. The highest BCUT2D eigenvalue weighted by Gasteiger charge is 2.43. The smallest absolute Gasteiger partial charge is 0.236 e. The van der Waals surface area contributed by atoms with E-state index in [1.54, 1.807) is 7.11 Å². The van der Waals surface area contributed by atoms with Crippen LogP contribution in [0.15, 0.2) is 18.2 Å². The molecule has 2 amide bonds. The molecular weight excluding hydrogens is 396 g/mol. The van der Waals surface area contributed by atoms with E-state index in [2.05, 4.69) is 27.2 Å². The number of ether oxygens (including phenoxy) is 2. The zero-order chi connectivity index (χ0) is 21.4. The van der Waals surface area contributed by atoms with Gasteiger partial charge in [-0.1, -0.05) is 6.07 Å². The van der Waals surface area contributed by atoms with Crippen LogP contribution in [0.25, 0.3) is 0 Å². The van der Waals surface area contributed by atoms with Crippen LogP contribution in [-0.2, 0) is 20.7 Å². The van der Waals surface area contributed by atoms with Crippen LogP contribution < -0.4 is 15.0 Å². The maximum absolute atomic E-state index is 13.1. The van der Waals surface area contributed by atoms with Gasteiger partial charge in [-0.25, -0.2) is 0 Å². The Kier molecular flexibility index (Phi) is 5.75. The fourth-order valence-electron chi connectivity index (χ4n) is 5.05. The molecular formula is C23H32N4O4. The molecule has 1 saturated carbocycles. The molecule has 1 aliphatic carbocycles. The second kappa shape index (κ2) is 8.67. The summed E-state index contributed by atoms with van der Waals surface area (Å²) in [5.74, 6) is 1.04. The summed E-state index contributed by atoms with van der Waals surface area (Å²) in [6, 6.07) is 6.57. The fraction of sp³-hybridized carbons (Fsp3) is 0.652. The molecule has 2 atom stereocenters. The highest BCUT2D eigenvalue weighted by atomic mass is 16.5. The number of hydrogen-bond donors (Lipinski definition) is 1. The number of fused-ring (bicyclic) bond motifs is 3. The Morgan fingerprint density at radius 3 is 2.71 bits per heavy atom. The number of anilines is 1. The molecule has 1 N–H and O–H groups in total. The molecule has 0 aromatic heterocycles. The minimum atomic E-state index is -0.109. The molecule has 3 heterocycles. The average molecular weight is 429 g/mol. The molecule has 2 saturated heterocycles. The molecule has 8 nitrogen and oxygen atoms in total. The minimum Gasteiger partial charge on any atom is -0.497 e. The molecule has 0 spiro atoms. The number of carbonyl (C=O) groups excluding carboxylic acids is 2.